The van der Waals surface area contributed by atoms with Crippen molar-refractivity contribution in [3.8, 4) is 0 Å². The van der Waals surface area contributed by atoms with Gasteiger partial charge in [0.15, 0.2) is 29.8 Å². The Morgan fingerprint density at radius 1 is 0.750 bits per heavy atom. The van der Waals surface area contributed by atoms with Crippen molar-refractivity contribution in [3.05, 3.63) is 0 Å². The van der Waals surface area contributed by atoms with Crippen molar-refractivity contribution in [1.29, 1.82) is 0 Å². The first kappa shape index (κ1) is 31.4. The van der Waals surface area contributed by atoms with Crippen LogP contribution >= 0.6 is 0 Å². The fourth-order valence-electron chi connectivity index (χ4n) is 6.49. The van der Waals surface area contributed by atoms with E-state index in [1.807, 2.05) is 0 Å². The summed E-state index contributed by atoms with van der Waals surface area (Å²) in [7, 11) is -7.34. The third-order valence-electron chi connectivity index (χ3n) is 7.82. The molecule has 0 amide bonds. The van der Waals surface area contributed by atoms with Crippen LogP contribution in [0.25, 0.3) is 0 Å². The van der Waals surface area contributed by atoms with Crippen LogP contribution in [0.5, 0.6) is 0 Å². The first-order chi connectivity index (χ1) is 14.1. The summed E-state index contributed by atoms with van der Waals surface area (Å²) in [4.78, 5) is 0. The summed E-state index contributed by atoms with van der Waals surface area (Å²) in [5.41, 5.74) is 2.46. The first-order valence-corrected chi connectivity index (χ1v) is 36.0. The van der Waals surface area contributed by atoms with Crippen LogP contribution < -0.4 is 0 Å². The van der Waals surface area contributed by atoms with Gasteiger partial charge in [-0.1, -0.05) is 79.9 Å². The maximum absolute atomic E-state index is 8.04. The Bertz CT molecular complexity index is 614. The van der Waals surface area contributed by atoms with Gasteiger partial charge in [-0.2, -0.15) is 0 Å². The maximum atomic E-state index is 8.04. The van der Waals surface area contributed by atoms with Gasteiger partial charge < -0.3 is 13.3 Å². The van der Waals surface area contributed by atoms with Gasteiger partial charge in [0.1, 0.15) is 0 Å². The molecule has 1 rings (SSSR count). The molecule has 3 atom stereocenters. The Kier molecular flexibility index (Phi) is 10.2. The van der Waals surface area contributed by atoms with Gasteiger partial charge in [0, 0.05) is 22.5 Å². The predicted molar refractivity (Wildman–Crippen MR) is 164 cm³/mol. The molecule has 3 nitrogen and oxygen atoms in total. The average molecular weight is 567 g/mol. The van der Waals surface area contributed by atoms with Gasteiger partial charge in [-0.3, -0.25) is 0 Å². The van der Waals surface area contributed by atoms with Crippen molar-refractivity contribution in [2.45, 2.75) is 136 Å². The Labute approximate surface area is 212 Å². The molecule has 1 heterocycles. The fourth-order valence-corrected chi connectivity index (χ4v) is 118. The maximum Gasteiger partial charge on any atom is 0.187 e. The summed E-state index contributed by atoms with van der Waals surface area (Å²) in [6.45, 7) is 38.9. The van der Waals surface area contributed by atoms with E-state index >= 15 is 0 Å². The van der Waals surface area contributed by atoms with Crippen molar-refractivity contribution in [2.24, 2.45) is 5.41 Å². The Balaban J connectivity index is 3.86. The molecule has 3 unspecified atom stereocenters. The van der Waals surface area contributed by atoms with Gasteiger partial charge in [0.05, 0.1) is 22.4 Å². The van der Waals surface area contributed by atoms with E-state index < -0.39 is 46.4 Å². The molecule has 1 aliphatic rings. The van der Waals surface area contributed by atoms with Crippen LogP contribution in [0.4, 0.5) is 0 Å². The molecule has 1 fully saturated rings. The van der Waals surface area contributed by atoms with Gasteiger partial charge >= 0.3 is 0 Å². The van der Waals surface area contributed by atoms with Crippen molar-refractivity contribution in [2.75, 3.05) is 0 Å². The van der Waals surface area contributed by atoms with E-state index in [9.17, 15) is 0 Å². The summed E-state index contributed by atoms with van der Waals surface area (Å²) in [5.74, 6) is -0.570. The van der Waals surface area contributed by atoms with Crippen LogP contribution in [-0.2, 0) is 13.3 Å². The lowest BCUT2D eigenvalue weighted by Crippen LogP contribution is -2.90. The average Bonchev–Trinajstić information content (AvgIpc) is 2.51. The smallest absolute Gasteiger partial charge is 0.187 e. The van der Waals surface area contributed by atoms with E-state index in [2.05, 4.69) is 108 Å². The second-order valence-electron chi connectivity index (χ2n) is 14.3. The zero-order chi connectivity index (χ0) is 25.6. The van der Waals surface area contributed by atoms with Gasteiger partial charge in [-0.05, 0) is 44.8 Å². The molecule has 1 saturated heterocycles. The highest BCUT2D eigenvalue weighted by Gasteiger charge is 2.71. The molecule has 0 aromatic carbocycles. The van der Waals surface area contributed by atoms with Crippen molar-refractivity contribution in [1.82, 2.24) is 0 Å². The van der Waals surface area contributed by atoms with Gasteiger partial charge in [-0.25, -0.2) is 0 Å². The van der Waals surface area contributed by atoms with Crippen molar-refractivity contribution < 1.29 is 13.3 Å². The predicted octanol–water partition coefficient (Wildman–Crippen LogP) is 4.95. The lowest BCUT2D eigenvalue weighted by atomic mass is 9.86. The molecule has 0 saturated carbocycles. The molecule has 0 radical (unpaired) electrons. The molecular formula is C22H58O3Si7. The van der Waals surface area contributed by atoms with Gasteiger partial charge in [0.25, 0.3) is 0 Å². The van der Waals surface area contributed by atoms with Gasteiger partial charge in [-0.15, -0.1) is 0 Å². The third kappa shape index (κ3) is 6.02. The Morgan fingerprint density at radius 2 is 1.22 bits per heavy atom. The van der Waals surface area contributed by atoms with Gasteiger partial charge in [0.2, 0.25) is 0 Å². The first-order valence-electron chi connectivity index (χ1n) is 13.2. The monoisotopic (exact) mass is 566 g/mol. The molecule has 0 aliphatic carbocycles. The van der Waals surface area contributed by atoms with Crippen LogP contribution in [0.2, 0.25) is 62.5 Å². The number of hydrogen-bond donors (Lipinski definition) is 0. The van der Waals surface area contributed by atoms with E-state index in [1.54, 1.807) is 0 Å². The lowest BCUT2D eigenvalue weighted by Gasteiger charge is -2.67. The van der Waals surface area contributed by atoms with E-state index in [4.69, 9.17) is 13.3 Å². The topological polar surface area (TPSA) is 27.7 Å². The van der Waals surface area contributed by atoms with Crippen LogP contribution in [0.15, 0.2) is 0 Å². The normalized spacial score (nSPS) is 27.1. The van der Waals surface area contributed by atoms with Crippen LogP contribution in [-0.4, -0.2) is 69.2 Å². The molecule has 10 heteroatoms. The SMILES string of the molecule is C[SiH2]C(O[Si](C)(C)C)C(O[Si](C)(C)C)(O[Si]1(C(C)C)[SiH2][SiH2][Si]1(C(C)C)C(C)C)C(C)(C)C. The number of rotatable bonds is 11. The van der Waals surface area contributed by atoms with Crippen LogP contribution in [0.1, 0.15) is 62.3 Å². The molecule has 0 aromatic rings. The largest absolute Gasteiger partial charge is 0.413 e. The molecule has 1 aliphatic heterocycles. The van der Waals surface area contributed by atoms with Crippen LogP contribution in [0, 0.1) is 5.41 Å². The highest BCUT2D eigenvalue weighted by Crippen LogP contribution is 2.54. The van der Waals surface area contributed by atoms with Crippen molar-refractivity contribution in [3.63, 3.8) is 0 Å². The summed E-state index contributed by atoms with van der Waals surface area (Å²) >= 11 is 0. The lowest BCUT2D eigenvalue weighted by molar-refractivity contribution is -0.228. The summed E-state index contributed by atoms with van der Waals surface area (Å²) in [5, 5.41) is 0. The molecular weight excluding hydrogens is 509 g/mol. The minimum absolute atomic E-state index is 0.0735. The molecule has 0 aromatic heterocycles. The van der Waals surface area contributed by atoms with E-state index in [0.717, 1.165) is 11.1 Å². The molecule has 0 spiro atoms. The molecule has 32 heavy (non-hydrogen) atoms. The minimum Gasteiger partial charge on any atom is -0.413 e. The highest BCUT2D eigenvalue weighted by atomic mass is 30.1. The summed E-state index contributed by atoms with van der Waals surface area (Å²) < 4.78 is 22.5. The fraction of sp³-hybridized carbons (Fsp3) is 1.00. The van der Waals surface area contributed by atoms with E-state index in [-0.39, 0.29) is 28.3 Å². The minimum atomic E-state index is -1.88. The second-order valence-corrected chi connectivity index (χ2v) is 61.5. The Hall–Kier alpha value is 1.40. The van der Waals surface area contributed by atoms with Crippen molar-refractivity contribution >= 4 is 57.7 Å². The van der Waals surface area contributed by atoms with Crippen LogP contribution in [0.3, 0.4) is 0 Å². The third-order valence-corrected chi connectivity index (χ3v) is 97.5. The second kappa shape index (κ2) is 10.4. The zero-order valence-corrected chi connectivity index (χ0v) is 32.9. The van der Waals surface area contributed by atoms with E-state index in [1.165, 1.54) is 0 Å². The molecule has 0 bridgehead atoms. The van der Waals surface area contributed by atoms with E-state index in [0.29, 0.717) is 5.54 Å². The molecule has 192 valence electrons. The summed E-state index contributed by atoms with van der Waals surface area (Å²) in [6, 6.07) is 0. The molecule has 0 N–H and O–H groups in total. The highest BCUT2D eigenvalue weighted by molar-refractivity contribution is 7.97. The standard InChI is InChI=1S/C22H58O3Si7/c1-17(2)31(18(3)4)27-28-32(31,19(5)6)25-22(21(7,8)9,24-30(14,15)16)20(26-10)23-29(11,12)13/h17-20H,26-28H2,1-16H3. The Morgan fingerprint density at radius 3 is 1.44 bits per heavy atom. The zero-order valence-electron chi connectivity index (χ0n) is 24.7. The quantitative estimate of drug-likeness (QED) is 0.261. The summed E-state index contributed by atoms with van der Waals surface area (Å²) in [6.07, 6.45) is 0. The number of hydrogen-bond acceptors (Lipinski definition) is 3.